The number of nitrogens with two attached hydrogens (primary N) is 1. The Morgan fingerprint density at radius 2 is 1.62 bits per heavy atom. The fraction of sp³-hybridized carbons (Fsp3) is 0.571. The molecule has 0 bridgehead atoms. The van der Waals surface area contributed by atoms with E-state index in [-0.39, 0.29) is 0 Å². The smallest absolute Gasteiger partial charge is 0.0423 e. The average molecular weight is 220 g/mol. The molecular formula is C14H24N2. The Balaban J connectivity index is 2.78. The highest BCUT2D eigenvalue weighted by molar-refractivity contribution is 5.59. The summed E-state index contributed by atoms with van der Waals surface area (Å²) in [5, 5.41) is 0. The Kier molecular flexibility index (Phi) is 4.81. The van der Waals surface area contributed by atoms with Crippen molar-refractivity contribution in [1.29, 1.82) is 0 Å². The molecule has 2 N–H and O–H groups in total. The summed E-state index contributed by atoms with van der Waals surface area (Å²) in [6, 6.07) is 4.50. The molecule has 90 valence electrons. The van der Waals surface area contributed by atoms with E-state index in [1.807, 2.05) is 0 Å². The molecule has 0 radical (unpaired) electrons. The summed E-state index contributed by atoms with van der Waals surface area (Å²) >= 11 is 0. The van der Waals surface area contributed by atoms with Gasteiger partial charge in [0, 0.05) is 19.3 Å². The lowest BCUT2D eigenvalue weighted by Gasteiger charge is -2.24. The number of anilines is 1. The molecule has 0 amide bonds. The van der Waals surface area contributed by atoms with Crippen LogP contribution in [0.1, 0.15) is 29.5 Å². The summed E-state index contributed by atoms with van der Waals surface area (Å²) in [4.78, 5) is 2.35. The molecule has 0 aliphatic heterocycles. The van der Waals surface area contributed by atoms with Gasteiger partial charge in [0.25, 0.3) is 0 Å². The van der Waals surface area contributed by atoms with Crippen LogP contribution in [0.5, 0.6) is 0 Å². The lowest BCUT2D eigenvalue weighted by atomic mass is 10.0. The van der Waals surface area contributed by atoms with E-state index < -0.39 is 0 Å². The zero-order valence-electron chi connectivity index (χ0n) is 11.0. The van der Waals surface area contributed by atoms with Gasteiger partial charge in [-0.2, -0.15) is 0 Å². The van der Waals surface area contributed by atoms with Crippen LogP contribution in [0, 0.1) is 20.8 Å². The summed E-state index contributed by atoms with van der Waals surface area (Å²) in [6.45, 7) is 8.41. The molecule has 0 aliphatic rings. The van der Waals surface area contributed by atoms with Crippen molar-refractivity contribution < 1.29 is 0 Å². The maximum Gasteiger partial charge on any atom is 0.0423 e. The van der Waals surface area contributed by atoms with Crippen LogP contribution in [0.25, 0.3) is 0 Å². The van der Waals surface area contributed by atoms with Gasteiger partial charge < -0.3 is 10.6 Å². The van der Waals surface area contributed by atoms with Crippen LogP contribution < -0.4 is 10.6 Å². The normalized spacial score (nSPS) is 10.6. The van der Waals surface area contributed by atoms with Crippen LogP contribution in [0.2, 0.25) is 0 Å². The van der Waals surface area contributed by atoms with Crippen molar-refractivity contribution in [1.82, 2.24) is 0 Å². The topological polar surface area (TPSA) is 29.3 Å². The van der Waals surface area contributed by atoms with E-state index in [2.05, 4.69) is 44.9 Å². The fourth-order valence-corrected chi connectivity index (χ4v) is 2.38. The molecule has 1 rings (SSSR count). The molecule has 0 saturated heterocycles. The molecule has 2 nitrogen and oxygen atoms in total. The third-order valence-electron chi connectivity index (χ3n) is 2.96. The van der Waals surface area contributed by atoms with Crippen molar-refractivity contribution in [3.8, 4) is 0 Å². The SMILES string of the molecule is Cc1cc(C)c(N(C)CCCCN)c(C)c1. The molecule has 1 aromatic rings. The molecule has 0 heterocycles. The summed E-state index contributed by atoms with van der Waals surface area (Å²) in [6.07, 6.45) is 2.27. The molecule has 0 atom stereocenters. The van der Waals surface area contributed by atoms with Crippen molar-refractivity contribution in [2.24, 2.45) is 5.73 Å². The summed E-state index contributed by atoms with van der Waals surface area (Å²) in [5.74, 6) is 0. The van der Waals surface area contributed by atoms with Gasteiger partial charge in [-0.1, -0.05) is 17.7 Å². The number of benzene rings is 1. The minimum absolute atomic E-state index is 0.791. The summed E-state index contributed by atoms with van der Waals surface area (Å²) in [5.41, 5.74) is 11.0. The third-order valence-corrected chi connectivity index (χ3v) is 2.96. The second-order valence-electron chi connectivity index (χ2n) is 4.66. The standard InChI is InChI=1S/C14H24N2/c1-11-9-12(2)14(13(3)10-11)16(4)8-6-5-7-15/h9-10H,5-8,15H2,1-4H3. The Labute approximate surface area is 99.5 Å². The predicted octanol–water partition coefficient (Wildman–Crippen LogP) is 2.79. The van der Waals surface area contributed by atoms with Crippen molar-refractivity contribution in [3.63, 3.8) is 0 Å². The molecule has 0 aromatic heterocycles. The number of unbranched alkanes of at least 4 members (excludes halogenated alkanes) is 1. The molecule has 1 aromatic carbocycles. The highest BCUT2D eigenvalue weighted by Crippen LogP contribution is 2.25. The fourth-order valence-electron chi connectivity index (χ4n) is 2.38. The van der Waals surface area contributed by atoms with Crippen LogP contribution in [-0.2, 0) is 0 Å². The van der Waals surface area contributed by atoms with Gasteiger partial charge >= 0.3 is 0 Å². The first kappa shape index (κ1) is 13.0. The molecular weight excluding hydrogens is 196 g/mol. The van der Waals surface area contributed by atoms with E-state index >= 15 is 0 Å². The van der Waals surface area contributed by atoms with Gasteiger partial charge in [0.2, 0.25) is 0 Å². The van der Waals surface area contributed by atoms with Crippen molar-refractivity contribution in [3.05, 3.63) is 28.8 Å². The molecule has 2 heteroatoms. The summed E-state index contributed by atoms with van der Waals surface area (Å²) < 4.78 is 0. The van der Waals surface area contributed by atoms with Crippen LogP contribution in [0.4, 0.5) is 5.69 Å². The number of hydrogen-bond acceptors (Lipinski definition) is 2. The first-order chi connectivity index (χ1) is 7.56. The van der Waals surface area contributed by atoms with Crippen LogP contribution in [0.15, 0.2) is 12.1 Å². The number of hydrogen-bond donors (Lipinski definition) is 1. The Hall–Kier alpha value is -1.02. The highest BCUT2D eigenvalue weighted by Gasteiger charge is 2.08. The van der Waals surface area contributed by atoms with Gasteiger partial charge in [-0.15, -0.1) is 0 Å². The van der Waals surface area contributed by atoms with E-state index in [1.165, 1.54) is 28.8 Å². The van der Waals surface area contributed by atoms with E-state index in [0.717, 1.165) is 19.5 Å². The predicted molar refractivity (Wildman–Crippen MR) is 72.2 cm³/mol. The lowest BCUT2D eigenvalue weighted by Crippen LogP contribution is -2.21. The molecule has 0 aliphatic carbocycles. The third kappa shape index (κ3) is 3.24. The largest absolute Gasteiger partial charge is 0.374 e. The Morgan fingerprint density at radius 1 is 1.06 bits per heavy atom. The Morgan fingerprint density at radius 3 is 2.12 bits per heavy atom. The minimum atomic E-state index is 0.791. The minimum Gasteiger partial charge on any atom is -0.374 e. The molecule has 0 saturated carbocycles. The molecule has 0 fully saturated rings. The van der Waals surface area contributed by atoms with Gasteiger partial charge in [0.1, 0.15) is 0 Å². The Bertz CT molecular complexity index is 322. The van der Waals surface area contributed by atoms with Gasteiger partial charge in [0.15, 0.2) is 0 Å². The van der Waals surface area contributed by atoms with E-state index in [1.54, 1.807) is 0 Å². The van der Waals surface area contributed by atoms with Gasteiger partial charge in [-0.25, -0.2) is 0 Å². The van der Waals surface area contributed by atoms with Gasteiger partial charge in [-0.3, -0.25) is 0 Å². The van der Waals surface area contributed by atoms with Crippen molar-refractivity contribution in [2.45, 2.75) is 33.6 Å². The van der Waals surface area contributed by atoms with Gasteiger partial charge in [-0.05, 0) is 51.3 Å². The zero-order valence-corrected chi connectivity index (χ0v) is 11.0. The maximum absolute atomic E-state index is 5.51. The highest BCUT2D eigenvalue weighted by atomic mass is 15.1. The van der Waals surface area contributed by atoms with E-state index in [9.17, 15) is 0 Å². The first-order valence-electron chi connectivity index (χ1n) is 6.05. The zero-order chi connectivity index (χ0) is 12.1. The molecule has 16 heavy (non-hydrogen) atoms. The van der Waals surface area contributed by atoms with Crippen molar-refractivity contribution >= 4 is 5.69 Å². The number of nitrogens with zero attached hydrogens (tertiary/aromatic N) is 1. The number of rotatable bonds is 5. The van der Waals surface area contributed by atoms with E-state index in [4.69, 9.17) is 5.73 Å². The second-order valence-corrected chi connectivity index (χ2v) is 4.66. The van der Waals surface area contributed by atoms with Crippen molar-refractivity contribution in [2.75, 3.05) is 25.0 Å². The maximum atomic E-state index is 5.51. The van der Waals surface area contributed by atoms with Crippen LogP contribution in [-0.4, -0.2) is 20.1 Å². The molecule has 0 spiro atoms. The second kappa shape index (κ2) is 5.90. The van der Waals surface area contributed by atoms with Crippen LogP contribution >= 0.6 is 0 Å². The molecule has 0 unspecified atom stereocenters. The number of aryl methyl sites for hydroxylation is 3. The van der Waals surface area contributed by atoms with E-state index in [0.29, 0.717) is 0 Å². The summed E-state index contributed by atoms with van der Waals surface area (Å²) in [7, 11) is 2.17. The van der Waals surface area contributed by atoms with Crippen LogP contribution in [0.3, 0.4) is 0 Å². The lowest BCUT2D eigenvalue weighted by molar-refractivity contribution is 0.726. The van der Waals surface area contributed by atoms with Gasteiger partial charge in [0.05, 0.1) is 0 Å². The average Bonchev–Trinajstić information content (AvgIpc) is 2.16. The monoisotopic (exact) mass is 220 g/mol. The first-order valence-corrected chi connectivity index (χ1v) is 6.05. The quantitative estimate of drug-likeness (QED) is 0.773.